The summed E-state index contributed by atoms with van der Waals surface area (Å²) in [7, 11) is 0. The van der Waals surface area contributed by atoms with Gasteiger partial charge < -0.3 is 14.8 Å². The van der Waals surface area contributed by atoms with E-state index in [0.717, 1.165) is 0 Å². The Labute approximate surface area is 116 Å². The molecule has 0 radical (unpaired) electrons. The average molecular weight is 276 g/mol. The minimum absolute atomic E-state index is 0.0673. The molecule has 0 aliphatic heterocycles. The van der Waals surface area contributed by atoms with Crippen molar-refractivity contribution in [2.45, 2.75) is 19.1 Å². The Balaban J connectivity index is 1.98. The van der Waals surface area contributed by atoms with Crippen molar-refractivity contribution in [3.05, 3.63) is 64.1 Å². The molecule has 6 heteroatoms. The van der Waals surface area contributed by atoms with Gasteiger partial charge in [-0.2, -0.15) is 0 Å². The Morgan fingerprint density at radius 3 is 2.75 bits per heavy atom. The molecule has 0 saturated carbocycles. The summed E-state index contributed by atoms with van der Waals surface area (Å²) in [6.07, 6.45) is 1.49. The molecular weight excluding hydrogens is 260 g/mol. The van der Waals surface area contributed by atoms with Crippen molar-refractivity contribution in [3.63, 3.8) is 0 Å². The fourth-order valence-electron chi connectivity index (χ4n) is 1.95. The quantitative estimate of drug-likeness (QED) is 0.623. The summed E-state index contributed by atoms with van der Waals surface area (Å²) in [6.45, 7) is 2.15. The van der Waals surface area contributed by atoms with Crippen LogP contribution in [0.1, 0.15) is 18.2 Å². The van der Waals surface area contributed by atoms with Gasteiger partial charge in [0.15, 0.2) is 0 Å². The molecule has 1 aromatic carbocycles. The van der Waals surface area contributed by atoms with Crippen LogP contribution in [0.3, 0.4) is 0 Å². The van der Waals surface area contributed by atoms with Crippen LogP contribution in [0.2, 0.25) is 0 Å². The molecule has 6 nitrogen and oxygen atoms in total. The smallest absolute Gasteiger partial charge is 0.273 e. The number of aliphatic hydroxyl groups is 1. The van der Waals surface area contributed by atoms with Gasteiger partial charge in [0.25, 0.3) is 5.69 Å². The molecule has 2 aromatic rings. The number of hydrogen-bond donors (Lipinski definition) is 2. The van der Waals surface area contributed by atoms with Crippen molar-refractivity contribution in [1.29, 1.82) is 0 Å². The second-order valence-electron chi connectivity index (χ2n) is 4.74. The summed E-state index contributed by atoms with van der Waals surface area (Å²) in [6, 6.07) is 9.91. The second-order valence-corrected chi connectivity index (χ2v) is 4.74. The molecule has 1 atom stereocenters. The summed E-state index contributed by atoms with van der Waals surface area (Å²) in [5.41, 5.74) is -0.516. The molecule has 0 bridgehead atoms. The predicted molar refractivity (Wildman–Crippen MR) is 73.1 cm³/mol. The van der Waals surface area contributed by atoms with Gasteiger partial charge in [-0.3, -0.25) is 10.1 Å². The summed E-state index contributed by atoms with van der Waals surface area (Å²) < 4.78 is 5.16. The van der Waals surface area contributed by atoms with E-state index in [9.17, 15) is 15.2 Å². The fraction of sp³-hybridized carbons (Fsp3) is 0.286. The molecule has 1 unspecified atom stereocenters. The third-order valence-electron chi connectivity index (χ3n) is 3.02. The van der Waals surface area contributed by atoms with Crippen LogP contribution < -0.4 is 5.32 Å². The minimum atomic E-state index is -1.16. The number of nitro benzene ring substituents is 1. The first kappa shape index (κ1) is 14.2. The Kier molecular flexibility index (Phi) is 4.16. The maximum Gasteiger partial charge on any atom is 0.273 e. The topological polar surface area (TPSA) is 88.5 Å². The van der Waals surface area contributed by atoms with Crippen LogP contribution in [0.15, 0.2) is 47.1 Å². The fourth-order valence-corrected chi connectivity index (χ4v) is 1.95. The number of hydrogen-bond acceptors (Lipinski definition) is 5. The maximum absolute atomic E-state index is 10.9. The van der Waals surface area contributed by atoms with Crippen molar-refractivity contribution in [2.24, 2.45) is 0 Å². The molecule has 0 saturated heterocycles. The highest BCUT2D eigenvalue weighted by atomic mass is 16.6. The van der Waals surface area contributed by atoms with E-state index in [-0.39, 0.29) is 12.2 Å². The van der Waals surface area contributed by atoms with Crippen molar-refractivity contribution in [2.75, 3.05) is 6.54 Å². The first-order valence-electron chi connectivity index (χ1n) is 6.20. The van der Waals surface area contributed by atoms with Crippen LogP contribution in [0.25, 0.3) is 0 Å². The van der Waals surface area contributed by atoms with Crippen LogP contribution in [-0.2, 0) is 12.1 Å². The Hall–Kier alpha value is -2.18. The van der Waals surface area contributed by atoms with Gasteiger partial charge >= 0.3 is 0 Å². The molecule has 106 valence electrons. The monoisotopic (exact) mass is 276 g/mol. The van der Waals surface area contributed by atoms with Crippen LogP contribution in [-0.4, -0.2) is 16.6 Å². The van der Waals surface area contributed by atoms with E-state index >= 15 is 0 Å². The van der Waals surface area contributed by atoms with Crippen molar-refractivity contribution < 1.29 is 14.4 Å². The third-order valence-corrected chi connectivity index (χ3v) is 3.02. The molecular formula is C14H16N2O4. The Morgan fingerprint density at radius 2 is 2.10 bits per heavy atom. The van der Waals surface area contributed by atoms with Crippen molar-refractivity contribution >= 4 is 5.69 Å². The lowest BCUT2D eigenvalue weighted by Gasteiger charge is -2.21. The van der Waals surface area contributed by atoms with E-state index in [1.807, 2.05) is 0 Å². The molecule has 1 aromatic heterocycles. The van der Waals surface area contributed by atoms with Gasteiger partial charge in [-0.25, -0.2) is 0 Å². The van der Waals surface area contributed by atoms with E-state index in [1.165, 1.54) is 12.3 Å². The maximum atomic E-state index is 10.9. The summed E-state index contributed by atoms with van der Waals surface area (Å²) in [4.78, 5) is 10.5. The van der Waals surface area contributed by atoms with Crippen LogP contribution in [0.4, 0.5) is 5.69 Å². The van der Waals surface area contributed by atoms with Gasteiger partial charge in [0, 0.05) is 24.7 Å². The van der Waals surface area contributed by atoms with E-state index in [4.69, 9.17) is 4.42 Å². The van der Waals surface area contributed by atoms with E-state index in [2.05, 4.69) is 5.32 Å². The number of nitro groups is 1. The number of nitrogens with zero attached hydrogens (tertiary/aromatic N) is 1. The largest absolute Gasteiger partial charge is 0.466 e. The first-order chi connectivity index (χ1) is 9.50. The van der Waals surface area contributed by atoms with Gasteiger partial charge in [0.05, 0.1) is 11.2 Å². The lowest BCUT2D eigenvalue weighted by Crippen LogP contribution is -2.34. The van der Waals surface area contributed by atoms with E-state index in [0.29, 0.717) is 17.9 Å². The normalized spacial score (nSPS) is 13.9. The zero-order chi connectivity index (χ0) is 14.6. The van der Waals surface area contributed by atoms with Gasteiger partial charge in [-0.1, -0.05) is 18.2 Å². The highest BCUT2D eigenvalue weighted by molar-refractivity contribution is 5.39. The number of furan rings is 1. The van der Waals surface area contributed by atoms with Gasteiger partial charge in [0.1, 0.15) is 11.4 Å². The number of para-hydroxylation sites is 1. The van der Waals surface area contributed by atoms with Crippen LogP contribution >= 0.6 is 0 Å². The lowest BCUT2D eigenvalue weighted by atomic mass is 10.0. The molecule has 2 N–H and O–H groups in total. The van der Waals surface area contributed by atoms with Crippen LogP contribution in [0, 0.1) is 10.1 Å². The number of rotatable bonds is 6. The van der Waals surface area contributed by atoms with Crippen LogP contribution in [0.5, 0.6) is 0 Å². The zero-order valence-corrected chi connectivity index (χ0v) is 11.1. The molecule has 20 heavy (non-hydrogen) atoms. The summed E-state index contributed by atoms with van der Waals surface area (Å²) >= 11 is 0. The number of nitrogens with one attached hydrogen (secondary N) is 1. The average Bonchev–Trinajstić information content (AvgIpc) is 2.93. The molecule has 2 rings (SSSR count). The molecule has 0 spiro atoms. The SMILES string of the molecule is CC(O)(CNCc1ccccc1[N+](=O)[O-])c1ccco1. The summed E-state index contributed by atoms with van der Waals surface area (Å²) in [5.74, 6) is 0.451. The number of benzene rings is 1. The Bertz CT molecular complexity index is 579. The summed E-state index contributed by atoms with van der Waals surface area (Å²) in [5, 5.41) is 24.1. The minimum Gasteiger partial charge on any atom is -0.466 e. The molecule has 1 heterocycles. The highest BCUT2D eigenvalue weighted by Gasteiger charge is 2.25. The van der Waals surface area contributed by atoms with E-state index < -0.39 is 10.5 Å². The highest BCUT2D eigenvalue weighted by Crippen LogP contribution is 2.21. The first-order valence-corrected chi connectivity index (χ1v) is 6.20. The molecule has 0 aliphatic carbocycles. The van der Waals surface area contributed by atoms with Crippen molar-refractivity contribution in [1.82, 2.24) is 5.32 Å². The van der Waals surface area contributed by atoms with Gasteiger partial charge in [-0.15, -0.1) is 0 Å². The van der Waals surface area contributed by atoms with E-state index in [1.54, 1.807) is 37.3 Å². The van der Waals surface area contributed by atoms with Gasteiger partial charge in [0.2, 0.25) is 0 Å². The molecule has 0 amide bonds. The van der Waals surface area contributed by atoms with Crippen molar-refractivity contribution in [3.8, 4) is 0 Å². The Morgan fingerprint density at radius 1 is 1.35 bits per heavy atom. The molecule has 0 fully saturated rings. The second kappa shape index (κ2) is 5.85. The van der Waals surface area contributed by atoms with Gasteiger partial charge in [-0.05, 0) is 19.1 Å². The standard InChI is InChI=1S/C14H16N2O4/c1-14(17,13-7-4-8-20-13)10-15-9-11-5-2-3-6-12(11)16(18)19/h2-8,15,17H,9-10H2,1H3. The molecule has 0 aliphatic rings. The lowest BCUT2D eigenvalue weighted by molar-refractivity contribution is -0.385. The predicted octanol–water partition coefficient (Wildman–Crippen LogP) is 2.19. The third kappa shape index (κ3) is 3.23. The zero-order valence-electron chi connectivity index (χ0n) is 11.1.